The van der Waals surface area contributed by atoms with Gasteiger partial charge in [-0.3, -0.25) is 9.10 Å². The van der Waals surface area contributed by atoms with Crippen molar-refractivity contribution in [3.8, 4) is 5.75 Å². The second kappa shape index (κ2) is 10.1. The molecule has 0 atom stereocenters. The van der Waals surface area contributed by atoms with E-state index in [9.17, 15) is 13.2 Å². The smallest absolute Gasteiger partial charge is 0.264 e. The van der Waals surface area contributed by atoms with Crippen LogP contribution in [0.3, 0.4) is 0 Å². The molecule has 168 valence electrons. The van der Waals surface area contributed by atoms with E-state index < -0.39 is 10.0 Å². The molecule has 0 aliphatic heterocycles. The van der Waals surface area contributed by atoms with Crippen LogP contribution in [0.2, 0.25) is 5.02 Å². The summed E-state index contributed by atoms with van der Waals surface area (Å²) in [4.78, 5) is 12.8. The Hall–Kier alpha value is -3.03. The fourth-order valence-corrected chi connectivity index (χ4v) is 4.61. The first-order chi connectivity index (χ1) is 15.2. The summed E-state index contributed by atoms with van der Waals surface area (Å²) in [6.07, 6.45) is 0.635. The van der Waals surface area contributed by atoms with Crippen LogP contribution < -0.4 is 14.4 Å². The molecule has 0 fully saturated rings. The average Bonchev–Trinajstić information content (AvgIpc) is 2.79. The van der Waals surface area contributed by atoms with Crippen molar-refractivity contribution >= 4 is 33.2 Å². The van der Waals surface area contributed by atoms with Crippen molar-refractivity contribution in [3.05, 3.63) is 88.4 Å². The molecular weight excluding hydrogens is 448 g/mol. The van der Waals surface area contributed by atoms with Gasteiger partial charge in [-0.1, -0.05) is 41.9 Å². The second-order valence-corrected chi connectivity index (χ2v) is 9.66. The molecule has 0 radical (unpaired) electrons. The molecule has 0 spiro atoms. The van der Waals surface area contributed by atoms with Gasteiger partial charge in [-0.05, 0) is 60.9 Å². The number of carbonyl (C=O) groups is 1. The summed E-state index contributed by atoms with van der Waals surface area (Å²) in [7, 11) is -0.963. The lowest BCUT2D eigenvalue weighted by Crippen LogP contribution is -2.29. The van der Waals surface area contributed by atoms with E-state index in [1.807, 2.05) is 12.1 Å². The molecule has 0 unspecified atom stereocenters. The van der Waals surface area contributed by atoms with E-state index in [0.29, 0.717) is 40.6 Å². The molecule has 32 heavy (non-hydrogen) atoms. The van der Waals surface area contributed by atoms with E-state index in [4.69, 9.17) is 16.3 Å². The molecule has 0 aromatic heterocycles. The van der Waals surface area contributed by atoms with Crippen molar-refractivity contribution < 1.29 is 17.9 Å². The minimum absolute atomic E-state index is 0.0272. The lowest BCUT2D eigenvalue weighted by Gasteiger charge is -2.22. The number of nitrogens with one attached hydrogen (secondary N) is 1. The van der Waals surface area contributed by atoms with Crippen molar-refractivity contribution in [2.45, 2.75) is 18.2 Å². The van der Waals surface area contributed by atoms with Gasteiger partial charge < -0.3 is 10.1 Å². The molecule has 6 nitrogen and oxygen atoms in total. The van der Waals surface area contributed by atoms with Crippen molar-refractivity contribution in [3.63, 3.8) is 0 Å². The van der Waals surface area contributed by atoms with Gasteiger partial charge in [0, 0.05) is 24.2 Å². The maximum Gasteiger partial charge on any atom is 0.264 e. The van der Waals surface area contributed by atoms with Crippen LogP contribution in [0, 0.1) is 6.92 Å². The Labute approximate surface area is 193 Å². The lowest BCUT2D eigenvalue weighted by molar-refractivity contribution is 0.0953. The number of anilines is 1. The number of amides is 1. The monoisotopic (exact) mass is 472 g/mol. The van der Waals surface area contributed by atoms with Crippen LogP contribution in [0.15, 0.2) is 71.6 Å². The first-order valence-corrected chi connectivity index (χ1v) is 11.8. The normalized spacial score (nSPS) is 11.1. The van der Waals surface area contributed by atoms with Crippen LogP contribution in [0.25, 0.3) is 0 Å². The van der Waals surface area contributed by atoms with Gasteiger partial charge in [-0.25, -0.2) is 8.42 Å². The Balaban J connectivity index is 1.79. The Morgan fingerprint density at radius 3 is 2.44 bits per heavy atom. The van der Waals surface area contributed by atoms with Gasteiger partial charge >= 0.3 is 0 Å². The number of nitrogens with zero attached hydrogens (tertiary/aromatic N) is 1. The maximum absolute atomic E-state index is 13.2. The third-order valence-corrected chi connectivity index (χ3v) is 7.17. The predicted octanol–water partition coefficient (Wildman–Crippen LogP) is 4.45. The van der Waals surface area contributed by atoms with Crippen LogP contribution in [-0.2, 0) is 16.4 Å². The van der Waals surface area contributed by atoms with Gasteiger partial charge in [0.25, 0.3) is 15.9 Å². The number of rotatable bonds is 8. The van der Waals surface area contributed by atoms with E-state index in [1.54, 1.807) is 49.4 Å². The third kappa shape index (κ3) is 5.23. The van der Waals surface area contributed by atoms with Gasteiger partial charge in [0.15, 0.2) is 0 Å². The van der Waals surface area contributed by atoms with Crippen LogP contribution in [0.5, 0.6) is 5.75 Å². The minimum atomic E-state index is -3.90. The highest BCUT2D eigenvalue weighted by Crippen LogP contribution is 2.31. The number of hydrogen-bond acceptors (Lipinski definition) is 4. The SMILES string of the molecule is COc1ccccc1N(C)S(=O)(=O)c1ccc(C)c(C(=O)NCCc2ccc(Cl)cc2)c1. The van der Waals surface area contributed by atoms with Gasteiger partial charge in [0.05, 0.1) is 17.7 Å². The summed E-state index contributed by atoms with van der Waals surface area (Å²) in [5.74, 6) is 0.110. The maximum atomic E-state index is 13.2. The summed E-state index contributed by atoms with van der Waals surface area (Å²) in [6, 6.07) is 18.8. The standard InChI is InChI=1S/C24H25ClN2O4S/c1-17-8-13-20(32(29,30)27(2)22-6-4-5-7-23(22)31-3)16-21(17)24(28)26-15-14-18-9-11-19(25)12-10-18/h4-13,16H,14-15H2,1-3H3,(H,26,28). The average molecular weight is 473 g/mol. The molecule has 8 heteroatoms. The van der Waals surface area contributed by atoms with E-state index >= 15 is 0 Å². The van der Waals surface area contributed by atoms with Crippen LogP contribution >= 0.6 is 11.6 Å². The molecule has 0 heterocycles. The van der Waals surface area contributed by atoms with Crippen LogP contribution in [-0.4, -0.2) is 35.0 Å². The highest BCUT2D eigenvalue weighted by atomic mass is 35.5. The molecule has 0 saturated heterocycles. The molecule has 3 aromatic carbocycles. The van der Waals surface area contributed by atoms with Crippen molar-refractivity contribution in [1.82, 2.24) is 5.32 Å². The molecule has 1 N–H and O–H groups in total. The second-order valence-electron chi connectivity index (χ2n) is 7.25. The van der Waals surface area contributed by atoms with Gasteiger partial charge in [0.1, 0.15) is 5.75 Å². The highest BCUT2D eigenvalue weighted by Gasteiger charge is 2.25. The predicted molar refractivity (Wildman–Crippen MR) is 127 cm³/mol. The largest absolute Gasteiger partial charge is 0.495 e. The van der Waals surface area contributed by atoms with E-state index in [-0.39, 0.29) is 10.8 Å². The molecule has 0 aliphatic rings. The Morgan fingerprint density at radius 2 is 1.75 bits per heavy atom. The van der Waals surface area contributed by atoms with Gasteiger partial charge in [-0.2, -0.15) is 0 Å². The topological polar surface area (TPSA) is 75.7 Å². The van der Waals surface area contributed by atoms with E-state index in [2.05, 4.69) is 5.32 Å². The fourth-order valence-electron chi connectivity index (χ4n) is 3.25. The summed E-state index contributed by atoms with van der Waals surface area (Å²) in [5.41, 5.74) is 2.45. The summed E-state index contributed by atoms with van der Waals surface area (Å²) < 4.78 is 32.9. The van der Waals surface area contributed by atoms with E-state index in [1.165, 1.54) is 26.3 Å². The number of carbonyl (C=O) groups excluding carboxylic acids is 1. The number of hydrogen-bond donors (Lipinski definition) is 1. The number of aryl methyl sites for hydroxylation is 1. The Morgan fingerprint density at radius 1 is 1.06 bits per heavy atom. The zero-order valence-corrected chi connectivity index (χ0v) is 19.7. The van der Waals surface area contributed by atoms with Gasteiger partial charge in [-0.15, -0.1) is 0 Å². The number of halogens is 1. The molecule has 0 aliphatic carbocycles. The van der Waals surface area contributed by atoms with Crippen LogP contribution in [0.1, 0.15) is 21.5 Å². The number of ether oxygens (including phenoxy) is 1. The molecule has 1 amide bonds. The molecule has 3 rings (SSSR count). The minimum Gasteiger partial charge on any atom is -0.495 e. The number of benzene rings is 3. The first kappa shape index (κ1) is 23.6. The summed E-state index contributed by atoms with van der Waals surface area (Å²) >= 11 is 5.89. The van der Waals surface area contributed by atoms with Crippen molar-refractivity contribution in [2.24, 2.45) is 0 Å². The number of para-hydroxylation sites is 2. The summed E-state index contributed by atoms with van der Waals surface area (Å²) in [5, 5.41) is 3.52. The van der Waals surface area contributed by atoms with Gasteiger partial charge in [0.2, 0.25) is 0 Å². The third-order valence-electron chi connectivity index (χ3n) is 5.15. The number of sulfonamides is 1. The van der Waals surface area contributed by atoms with Crippen LogP contribution in [0.4, 0.5) is 5.69 Å². The molecular formula is C24H25ClN2O4S. The Kier molecular flexibility index (Phi) is 7.43. The van der Waals surface area contributed by atoms with E-state index in [0.717, 1.165) is 9.87 Å². The molecule has 0 saturated carbocycles. The Bertz CT molecular complexity index is 1210. The number of methoxy groups -OCH3 is 1. The zero-order valence-electron chi connectivity index (χ0n) is 18.1. The fraction of sp³-hybridized carbons (Fsp3) is 0.208. The molecule has 0 bridgehead atoms. The first-order valence-electron chi connectivity index (χ1n) is 9.99. The highest BCUT2D eigenvalue weighted by molar-refractivity contribution is 7.92. The van der Waals surface area contributed by atoms with Crippen molar-refractivity contribution in [2.75, 3.05) is 25.0 Å². The zero-order chi connectivity index (χ0) is 23.3. The quantitative estimate of drug-likeness (QED) is 0.525. The lowest BCUT2D eigenvalue weighted by atomic mass is 10.1. The van der Waals surface area contributed by atoms with Crippen molar-refractivity contribution in [1.29, 1.82) is 0 Å². The summed E-state index contributed by atoms with van der Waals surface area (Å²) in [6.45, 7) is 2.19. The molecule has 3 aromatic rings.